The maximum atomic E-state index is 13.6. The van der Waals surface area contributed by atoms with Gasteiger partial charge >= 0.3 is 0 Å². The molecule has 1 heterocycles. The van der Waals surface area contributed by atoms with Crippen molar-refractivity contribution in [2.75, 3.05) is 5.32 Å². The largest absolute Gasteiger partial charge is 0.460 e. The summed E-state index contributed by atoms with van der Waals surface area (Å²) >= 11 is 15.7. The number of furan rings is 1. The Balaban J connectivity index is 1.60. The van der Waals surface area contributed by atoms with Gasteiger partial charge in [0.1, 0.15) is 23.2 Å². The van der Waals surface area contributed by atoms with Crippen LogP contribution in [0.25, 0.3) is 6.08 Å². The van der Waals surface area contributed by atoms with E-state index in [0.29, 0.717) is 27.1 Å². The first-order chi connectivity index (χ1) is 19.0. The minimum Gasteiger partial charge on any atom is -0.460 e. The van der Waals surface area contributed by atoms with Crippen LogP contribution in [0.4, 0.5) is 5.69 Å². The number of carbonyl (C=O) groups excluding carboxylic acids is 1. The average Bonchev–Trinajstić information content (AvgIpc) is 3.36. The number of carbonyl (C=O) groups is 1. The molecule has 3 aromatic carbocycles. The summed E-state index contributed by atoms with van der Waals surface area (Å²) in [6.45, 7) is 1.70. The van der Waals surface area contributed by atoms with Crippen LogP contribution >= 0.6 is 39.1 Å². The zero-order valence-electron chi connectivity index (χ0n) is 21.1. The Hall–Kier alpha value is -3.39. The Morgan fingerprint density at radius 1 is 1.02 bits per heavy atom. The number of sulfonamides is 1. The lowest BCUT2D eigenvalue weighted by atomic mass is 10.2. The lowest BCUT2D eigenvalue weighted by Crippen LogP contribution is -2.30. The van der Waals surface area contributed by atoms with Crippen molar-refractivity contribution in [1.29, 1.82) is 5.26 Å². The molecule has 204 valence electrons. The van der Waals surface area contributed by atoms with Crippen LogP contribution in [0.3, 0.4) is 0 Å². The Labute approximate surface area is 250 Å². The molecule has 0 spiro atoms. The summed E-state index contributed by atoms with van der Waals surface area (Å²) in [5.74, 6) is -0.0870. The van der Waals surface area contributed by atoms with Crippen LogP contribution in [-0.4, -0.2) is 18.6 Å². The first-order valence-electron chi connectivity index (χ1n) is 11.8. The molecule has 1 N–H and O–H groups in total. The van der Waals surface area contributed by atoms with E-state index >= 15 is 0 Å². The molecule has 0 saturated carbocycles. The fraction of sp³-hybridized carbons (Fsp3) is 0.103. The van der Waals surface area contributed by atoms with Crippen molar-refractivity contribution in [2.45, 2.75) is 24.9 Å². The van der Waals surface area contributed by atoms with E-state index in [0.717, 1.165) is 10.0 Å². The number of halogens is 3. The Bertz CT molecular complexity index is 1710. The van der Waals surface area contributed by atoms with Gasteiger partial charge in [-0.3, -0.25) is 4.79 Å². The number of amides is 1. The van der Waals surface area contributed by atoms with Gasteiger partial charge in [0.25, 0.3) is 5.91 Å². The van der Waals surface area contributed by atoms with E-state index in [2.05, 4.69) is 21.2 Å². The van der Waals surface area contributed by atoms with Crippen LogP contribution in [0.5, 0.6) is 0 Å². The Morgan fingerprint density at radius 3 is 2.38 bits per heavy atom. The molecule has 40 heavy (non-hydrogen) atoms. The molecule has 0 aliphatic carbocycles. The van der Waals surface area contributed by atoms with Crippen LogP contribution in [0.2, 0.25) is 10.0 Å². The second-order valence-electron chi connectivity index (χ2n) is 8.76. The summed E-state index contributed by atoms with van der Waals surface area (Å²) in [4.78, 5) is 12.7. The van der Waals surface area contributed by atoms with Gasteiger partial charge in [-0.15, -0.1) is 0 Å². The van der Waals surface area contributed by atoms with Crippen LogP contribution < -0.4 is 5.32 Å². The summed E-state index contributed by atoms with van der Waals surface area (Å²) in [6.07, 6.45) is 1.30. The number of nitrogens with zero attached hydrogens (tertiary/aromatic N) is 2. The normalized spacial score (nSPS) is 11.8. The number of nitriles is 1. The minimum atomic E-state index is -3.96. The summed E-state index contributed by atoms with van der Waals surface area (Å²) in [5, 5.41) is 13.0. The molecule has 7 nitrogen and oxygen atoms in total. The summed E-state index contributed by atoms with van der Waals surface area (Å²) in [7, 11) is -3.96. The second-order valence-corrected chi connectivity index (χ2v) is 12.5. The minimum absolute atomic E-state index is 0.0445. The SMILES string of the molecule is Cc1ccc(S(=O)(=O)N(Cc2ccc(/C=C(/C#N)C(=O)Nc3ccc(Br)cc3)o2)Cc2ccc(Cl)cc2Cl)cc1. The molecule has 0 aliphatic heterocycles. The fourth-order valence-corrected chi connectivity index (χ4v) is 5.80. The maximum Gasteiger partial charge on any atom is 0.266 e. The van der Waals surface area contributed by atoms with E-state index in [1.807, 2.05) is 13.0 Å². The third-order valence-corrected chi connectivity index (χ3v) is 8.71. The maximum absolute atomic E-state index is 13.6. The third-order valence-electron chi connectivity index (χ3n) is 5.79. The van der Waals surface area contributed by atoms with Crippen molar-refractivity contribution in [3.63, 3.8) is 0 Å². The molecule has 0 aliphatic rings. The van der Waals surface area contributed by atoms with E-state index < -0.39 is 15.9 Å². The van der Waals surface area contributed by atoms with Gasteiger partial charge in [-0.1, -0.05) is 62.9 Å². The number of benzene rings is 3. The molecule has 0 atom stereocenters. The molecular formula is C29H22BrCl2N3O4S. The average molecular weight is 659 g/mol. The van der Waals surface area contributed by atoms with Gasteiger partial charge in [-0.2, -0.15) is 9.57 Å². The third kappa shape index (κ3) is 7.42. The van der Waals surface area contributed by atoms with Crippen molar-refractivity contribution in [1.82, 2.24) is 4.31 Å². The first kappa shape index (κ1) is 29.6. The van der Waals surface area contributed by atoms with Crippen molar-refractivity contribution in [3.05, 3.63) is 122 Å². The van der Waals surface area contributed by atoms with Gasteiger partial charge < -0.3 is 9.73 Å². The number of nitrogens with one attached hydrogen (secondary N) is 1. The van der Waals surface area contributed by atoms with Gasteiger partial charge in [0.2, 0.25) is 10.0 Å². The highest BCUT2D eigenvalue weighted by Crippen LogP contribution is 2.27. The zero-order valence-corrected chi connectivity index (χ0v) is 25.0. The van der Waals surface area contributed by atoms with E-state index in [1.165, 1.54) is 10.4 Å². The number of rotatable bonds is 9. The van der Waals surface area contributed by atoms with Gasteiger partial charge in [-0.25, -0.2) is 8.42 Å². The lowest BCUT2D eigenvalue weighted by Gasteiger charge is -2.22. The number of hydrogen-bond donors (Lipinski definition) is 1. The summed E-state index contributed by atoms with van der Waals surface area (Å²) in [5.41, 5.74) is 1.82. The van der Waals surface area contributed by atoms with Crippen molar-refractivity contribution in [3.8, 4) is 6.07 Å². The standard InChI is InChI=1S/C29H22BrCl2N3O4S/c1-19-2-12-27(13-3-19)40(37,38)35(17-20-4-7-23(31)15-28(20)32)18-26-11-10-25(39-26)14-21(16-33)29(36)34-24-8-5-22(30)6-9-24/h2-15H,17-18H2,1H3,(H,34,36)/b21-14-. The van der Waals surface area contributed by atoms with Crippen molar-refractivity contribution in [2.24, 2.45) is 0 Å². The molecule has 0 radical (unpaired) electrons. The highest BCUT2D eigenvalue weighted by Gasteiger charge is 2.27. The monoisotopic (exact) mass is 657 g/mol. The van der Waals surface area contributed by atoms with E-state index in [9.17, 15) is 18.5 Å². The van der Waals surface area contributed by atoms with E-state index in [-0.39, 0.29) is 29.3 Å². The summed E-state index contributed by atoms with van der Waals surface area (Å²) < 4.78 is 35.2. The van der Waals surface area contributed by atoms with E-state index in [1.54, 1.807) is 78.9 Å². The smallest absolute Gasteiger partial charge is 0.266 e. The molecule has 1 amide bonds. The molecule has 11 heteroatoms. The van der Waals surface area contributed by atoms with Gasteiger partial charge in [0.05, 0.1) is 11.4 Å². The van der Waals surface area contributed by atoms with Crippen LogP contribution in [0, 0.1) is 18.3 Å². The van der Waals surface area contributed by atoms with Crippen molar-refractivity contribution < 1.29 is 17.6 Å². The molecule has 4 aromatic rings. The van der Waals surface area contributed by atoms with E-state index in [4.69, 9.17) is 27.6 Å². The molecular weight excluding hydrogens is 637 g/mol. The zero-order chi connectivity index (χ0) is 28.9. The fourth-order valence-electron chi connectivity index (χ4n) is 3.68. The predicted molar refractivity (Wildman–Crippen MR) is 159 cm³/mol. The topological polar surface area (TPSA) is 103 Å². The second kappa shape index (κ2) is 12.9. The molecule has 0 saturated heterocycles. The molecule has 0 fully saturated rings. The predicted octanol–water partition coefficient (Wildman–Crippen LogP) is 7.59. The van der Waals surface area contributed by atoms with Crippen LogP contribution in [0.1, 0.15) is 22.6 Å². The first-order valence-corrected chi connectivity index (χ1v) is 14.8. The molecule has 0 bridgehead atoms. The quantitative estimate of drug-likeness (QED) is 0.147. The number of hydrogen-bond acceptors (Lipinski definition) is 5. The van der Waals surface area contributed by atoms with Gasteiger partial charge in [0, 0.05) is 32.8 Å². The van der Waals surface area contributed by atoms with Crippen molar-refractivity contribution >= 4 is 66.8 Å². The Kier molecular flexibility index (Phi) is 9.51. The van der Waals surface area contributed by atoms with Crippen LogP contribution in [-0.2, 0) is 27.9 Å². The highest BCUT2D eigenvalue weighted by molar-refractivity contribution is 9.10. The molecule has 4 rings (SSSR count). The Morgan fingerprint density at radius 2 is 1.73 bits per heavy atom. The van der Waals surface area contributed by atoms with Gasteiger partial charge in [0.15, 0.2) is 0 Å². The highest BCUT2D eigenvalue weighted by atomic mass is 79.9. The molecule has 1 aromatic heterocycles. The number of aryl methyl sites for hydroxylation is 1. The number of anilines is 1. The summed E-state index contributed by atoms with van der Waals surface area (Å²) in [6, 6.07) is 23.3. The lowest BCUT2D eigenvalue weighted by molar-refractivity contribution is -0.112. The van der Waals surface area contributed by atoms with Gasteiger partial charge in [-0.05, 0) is 73.2 Å². The molecule has 0 unspecified atom stereocenters. The van der Waals surface area contributed by atoms with Crippen LogP contribution in [0.15, 0.2) is 98.2 Å².